The molecule has 0 bridgehead atoms. The van der Waals surface area contributed by atoms with Crippen molar-refractivity contribution >= 4 is 11.8 Å². The van der Waals surface area contributed by atoms with E-state index in [2.05, 4.69) is 13.8 Å². The molecule has 17 heavy (non-hydrogen) atoms. The molecular formula is C13H16O4. The van der Waals surface area contributed by atoms with Crippen LogP contribution in [0.3, 0.4) is 0 Å². The van der Waals surface area contributed by atoms with Gasteiger partial charge < -0.3 is 9.84 Å². The molecule has 0 aliphatic heterocycles. The minimum Gasteiger partial charge on any atom is -0.493 e. The lowest BCUT2D eigenvalue weighted by molar-refractivity contribution is -0.148. The first-order chi connectivity index (χ1) is 7.99. The first-order valence-electron chi connectivity index (χ1n) is 5.47. The van der Waals surface area contributed by atoms with Gasteiger partial charge in [-0.25, -0.2) is 4.79 Å². The first kappa shape index (κ1) is 13.2. The summed E-state index contributed by atoms with van der Waals surface area (Å²) >= 11 is 0. The van der Waals surface area contributed by atoms with Gasteiger partial charge in [-0.1, -0.05) is 26.0 Å². The quantitative estimate of drug-likeness (QED) is 0.766. The maximum absolute atomic E-state index is 11.0. The topological polar surface area (TPSA) is 63.6 Å². The molecule has 4 nitrogen and oxygen atoms in total. The van der Waals surface area contributed by atoms with Crippen molar-refractivity contribution in [1.82, 2.24) is 0 Å². The molecule has 92 valence electrons. The largest absolute Gasteiger partial charge is 0.493 e. The highest BCUT2D eigenvalue weighted by Gasteiger charge is 2.11. The van der Waals surface area contributed by atoms with E-state index in [0.29, 0.717) is 18.1 Å². The number of benzene rings is 1. The monoisotopic (exact) mass is 236 g/mol. The number of aliphatic carboxylic acids is 1. The Kier molecular flexibility index (Phi) is 4.69. The number of ketones is 1. The summed E-state index contributed by atoms with van der Waals surface area (Å²) in [5, 5.41) is 8.47. The van der Waals surface area contributed by atoms with Gasteiger partial charge in [-0.2, -0.15) is 0 Å². The summed E-state index contributed by atoms with van der Waals surface area (Å²) in [5.74, 6) is -1.03. The predicted octanol–water partition coefficient (Wildman–Crippen LogP) is 1.92. The van der Waals surface area contributed by atoms with Gasteiger partial charge in [-0.05, 0) is 23.6 Å². The van der Waals surface area contributed by atoms with Gasteiger partial charge in [0, 0.05) is 6.42 Å². The van der Waals surface area contributed by atoms with E-state index >= 15 is 0 Å². The summed E-state index contributed by atoms with van der Waals surface area (Å²) in [7, 11) is 0. The number of hydrogen-bond acceptors (Lipinski definition) is 3. The van der Waals surface area contributed by atoms with Crippen LogP contribution in [0.2, 0.25) is 0 Å². The number of ether oxygens (including phenoxy) is 1. The van der Waals surface area contributed by atoms with Crippen LogP contribution in [0.25, 0.3) is 0 Å². The van der Waals surface area contributed by atoms with Crippen LogP contribution in [0, 0.1) is 5.92 Å². The molecule has 0 spiro atoms. The smallest absolute Gasteiger partial charge is 0.372 e. The van der Waals surface area contributed by atoms with Crippen LogP contribution < -0.4 is 4.74 Å². The van der Waals surface area contributed by atoms with E-state index in [9.17, 15) is 9.59 Å². The molecule has 0 saturated carbocycles. The maximum atomic E-state index is 11.0. The summed E-state index contributed by atoms with van der Waals surface area (Å²) in [4.78, 5) is 21.4. The Hall–Kier alpha value is -1.84. The number of Topliss-reactive ketones (excluding diaryl/α,β-unsaturated/α-hetero) is 1. The first-order valence-corrected chi connectivity index (χ1v) is 5.47. The van der Waals surface area contributed by atoms with E-state index in [-0.39, 0.29) is 6.42 Å². The van der Waals surface area contributed by atoms with E-state index in [0.717, 1.165) is 5.75 Å². The third kappa shape index (κ3) is 4.68. The second-order valence-corrected chi connectivity index (χ2v) is 4.25. The Balaban J connectivity index is 2.56. The molecule has 1 N–H and O–H groups in total. The lowest BCUT2D eigenvalue weighted by Gasteiger charge is -2.08. The number of carbonyl (C=O) groups excluding carboxylic acids is 1. The average molecular weight is 236 g/mol. The van der Waals surface area contributed by atoms with Crippen molar-refractivity contribution in [3.05, 3.63) is 29.8 Å². The predicted molar refractivity (Wildman–Crippen MR) is 63.1 cm³/mol. The molecule has 1 aromatic carbocycles. The van der Waals surface area contributed by atoms with E-state index in [1.54, 1.807) is 24.3 Å². The van der Waals surface area contributed by atoms with Crippen molar-refractivity contribution in [3.8, 4) is 5.75 Å². The normalized spacial score (nSPS) is 10.3. The molecule has 0 aliphatic carbocycles. The fourth-order valence-electron chi connectivity index (χ4n) is 1.23. The third-order valence-corrected chi connectivity index (χ3v) is 2.11. The van der Waals surface area contributed by atoms with Crippen molar-refractivity contribution in [2.75, 3.05) is 6.61 Å². The molecule has 0 aromatic heterocycles. The van der Waals surface area contributed by atoms with E-state index in [1.807, 2.05) is 0 Å². The van der Waals surface area contributed by atoms with Crippen LogP contribution in [0.4, 0.5) is 0 Å². The Labute approximate surface area is 100 Å². The van der Waals surface area contributed by atoms with Crippen molar-refractivity contribution < 1.29 is 19.4 Å². The van der Waals surface area contributed by atoms with Gasteiger partial charge in [-0.15, -0.1) is 0 Å². The van der Waals surface area contributed by atoms with Crippen LogP contribution in [-0.2, 0) is 16.0 Å². The third-order valence-electron chi connectivity index (χ3n) is 2.11. The van der Waals surface area contributed by atoms with Gasteiger partial charge in [0.25, 0.3) is 0 Å². The van der Waals surface area contributed by atoms with Gasteiger partial charge in [0.05, 0.1) is 6.61 Å². The lowest BCUT2D eigenvalue weighted by atomic mass is 10.1. The zero-order valence-electron chi connectivity index (χ0n) is 9.97. The summed E-state index contributed by atoms with van der Waals surface area (Å²) in [6, 6.07) is 6.90. The minimum absolute atomic E-state index is 0.0835. The summed E-state index contributed by atoms with van der Waals surface area (Å²) in [6.45, 7) is 4.74. The van der Waals surface area contributed by atoms with Crippen molar-refractivity contribution in [2.24, 2.45) is 5.92 Å². The highest BCUT2D eigenvalue weighted by molar-refractivity contribution is 6.33. The molecule has 4 heteroatoms. The van der Waals surface area contributed by atoms with E-state index in [1.165, 1.54) is 0 Å². The second-order valence-electron chi connectivity index (χ2n) is 4.25. The number of rotatable bonds is 6. The van der Waals surface area contributed by atoms with Crippen LogP contribution in [0.15, 0.2) is 24.3 Å². The molecule has 0 unspecified atom stereocenters. The number of hydrogen-bond donors (Lipinski definition) is 1. The highest BCUT2D eigenvalue weighted by Crippen LogP contribution is 2.13. The molecular weight excluding hydrogens is 220 g/mol. The lowest BCUT2D eigenvalue weighted by Crippen LogP contribution is -2.14. The molecule has 0 aliphatic rings. The molecule has 0 saturated heterocycles. The Morgan fingerprint density at radius 3 is 2.29 bits per heavy atom. The van der Waals surface area contributed by atoms with Gasteiger partial charge in [0.2, 0.25) is 5.78 Å². The number of carbonyl (C=O) groups is 2. The van der Waals surface area contributed by atoms with E-state index < -0.39 is 11.8 Å². The van der Waals surface area contributed by atoms with Gasteiger partial charge >= 0.3 is 5.97 Å². The molecule has 1 rings (SSSR count). The molecule has 0 fully saturated rings. The molecule has 1 aromatic rings. The fraction of sp³-hybridized carbons (Fsp3) is 0.385. The van der Waals surface area contributed by atoms with Crippen LogP contribution >= 0.6 is 0 Å². The molecule has 0 atom stereocenters. The molecule has 0 heterocycles. The van der Waals surface area contributed by atoms with Gasteiger partial charge in [0.15, 0.2) is 0 Å². The van der Waals surface area contributed by atoms with Crippen molar-refractivity contribution in [3.63, 3.8) is 0 Å². The standard InChI is InChI=1S/C13H16O4/c1-9(2)8-17-11-5-3-10(4-6-11)7-12(14)13(15)16/h3-6,9H,7-8H2,1-2H3,(H,15,16). The Bertz CT molecular complexity index is 392. The zero-order valence-corrected chi connectivity index (χ0v) is 9.97. The second kappa shape index (κ2) is 6.03. The molecule has 0 amide bonds. The minimum atomic E-state index is -1.40. The molecule has 0 radical (unpaired) electrons. The average Bonchev–Trinajstić information content (AvgIpc) is 2.28. The SMILES string of the molecule is CC(C)COc1ccc(CC(=O)C(=O)O)cc1. The van der Waals surface area contributed by atoms with Gasteiger partial charge in [-0.3, -0.25) is 4.79 Å². The zero-order chi connectivity index (χ0) is 12.8. The summed E-state index contributed by atoms with van der Waals surface area (Å²) < 4.78 is 5.47. The van der Waals surface area contributed by atoms with E-state index in [4.69, 9.17) is 9.84 Å². The van der Waals surface area contributed by atoms with Crippen molar-refractivity contribution in [2.45, 2.75) is 20.3 Å². The van der Waals surface area contributed by atoms with Gasteiger partial charge in [0.1, 0.15) is 5.75 Å². The fourth-order valence-corrected chi connectivity index (χ4v) is 1.23. The Morgan fingerprint density at radius 1 is 1.24 bits per heavy atom. The Morgan fingerprint density at radius 2 is 1.82 bits per heavy atom. The maximum Gasteiger partial charge on any atom is 0.372 e. The van der Waals surface area contributed by atoms with Crippen LogP contribution in [0.1, 0.15) is 19.4 Å². The highest BCUT2D eigenvalue weighted by atomic mass is 16.5. The summed E-state index contributed by atoms with van der Waals surface area (Å²) in [6.07, 6.45) is -0.0835. The number of carboxylic acids is 1. The number of carboxylic acid groups (broad SMARTS) is 1. The van der Waals surface area contributed by atoms with Crippen molar-refractivity contribution in [1.29, 1.82) is 0 Å². The van der Waals surface area contributed by atoms with Crippen LogP contribution in [0.5, 0.6) is 5.75 Å². The summed E-state index contributed by atoms with van der Waals surface area (Å²) in [5.41, 5.74) is 0.675. The van der Waals surface area contributed by atoms with Crippen LogP contribution in [-0.4, -0.2) is 23.5 Å².